The molecule has 0 aromatic heterocycles. The summed E-state index contributed by atoms with van der Waals surface area (Å²) in [6.45, 7) is 19.6. The van der Waals surface area contributed by atoms with Crippen molar-refractivity contribution in [3.63, 3.8) is 0 Å². The molecule has 3 N–H and O–H groups in total. The molecule has 0 radical (unpaired) electrons. The molecule has 1 aromatic carbocycles. The van der Waals surface area contributed by atoms with E-state index in [1.54, 1.807) is 26.2 Å². The van der Waals surface area contributed by atoms with Crippen LogP contribution in [0.2, 0.25) is 0 Å². The number of hydrogen-bond donors (Lipinski definition) is 2. The van der Waals surface area contributed by atoms with E-state index in [1.165, 1.54) is 0 Å². The van der Waals surface area contributed by atoms with Crippen molar-refractivity contribution in [1.29, 1.82) is 0 Å². The van der Waals surface area contributed by atoms with Crippen molar-refractivity contribution in [2.75, 3.05) is 213 Å². The summed E-state index contributed by atoms with van der Waals surface area (Å²) >= 11 is 0. The lowest BCUT2D eigenvalue weighted by Gasteiger charge is -2.43. The van der Waals surface area contributed by atoms with Crippen molar-refractivity contribution >= 4 is 17.8 Å². The minimum absolute atomic E-state index is 0.000143. The molecule has 2 amide bonds. The van der Waals surface area contributed by atoms with Crippen LogP contribution in [-0.4, -0.2) is 265 Å². The number of nitrogens with one attached hydrogen (secondary N) is 1. The first-order chi connectivity index (χ1) is 37.2. The number of carbonyl (C=O) groups is 1. The third-order valence-corrected chi connectivity index (χ3v) is 10.8. The number of nitrogens with zero attached hydrogens (tertiary/aromatic N) is 4. The molecule has 440 valence electrons. The van der Waals surface area contributed by atoms with Gasteiger partial charge in [0.05, 0.1) is 184 Å². The fourth-order valence-electron chi connectivity index (χ4n) is 6.77. The molecule has 25 heteroatoms. The Hall–Kier alpha value is -3.77. The second kappa shape index (κ2) is 44.1. The summed E-state index contributed by atoms with van der Waals surface area (Å²) < 4.78 is 103. The number of benzene rings is 1. The van der Waals surface area contributed by atoms with E-state index in [0.29, 0.717) is 194 Å². The predicted molar refractivity (Wildman–Crippen MR) is 281 cm³/mol. The zero-order chi connectivity index (χ0) is 54.7. The molecule has 1 aromatic rings. The first kappa shape index (κ1) is 66.5. The maximum Gasteiger partial charge on any atom is 0.321 e. The Kier molecular flexibility index (Phi) is 38.6. The molecule has 2 heterocycles. The third kappa shape index (κ3) is 30.4. The van der Waals surface area contributed by atoms with Crippen molar-refractivity contribution in [2.45, 2.75) is 65.1 Å². The minimum Gasteiger partial charge on any atom is -0.487 e. The summed E-state index contributed by atoms with van der Waals surface area (Å²) in [6.07, 6.45) is -0.140. The zero-order valence-corrected chi connectivity index (χ0v) is 46.5. The van der Waals surface area contributed by atoms with Crippen LogP contribution in [0.3, 0.4) is 0 Å². The Morgan fingerprint density at radius 3 is 1.28 bits per heavy atom. The van der Waals surface area contributed by atoms with Crippen molar-refractivity contribution in [2.24, 2.45) is 15.7 Å². The maximum atomic E-state index is 13.2. The predicted octanol–water partition coefficient (Wildman–Crippen LogP) is 2.57. The number of amides is 2. The smallest absolute Gasteiger partial charge is 0.321 e. The van der Waals surface area contributed by atoms with Gasteiger partial charge in [0.1, 0.15) is 25.7 Å². The van der Waals surface area contributed by atoms with Gasteiger partial charge in [-0.25, -0.2) is 9.79 Å². The summed E-state index contributed by atoms with van der Waals surface area (Å²) in [5.41, 5.74) is 6.89. The molecule has 25 nitrogen and oxygen atoms in total. The number of aliphatic imine (C=N–C) groups is 2. The minimum atomic E-state index is -0.785. The number of carbonyl (C=O) groups excluding carboxylic acids is 1. The van der Waals surface area contributed by atoms with Crippen LogP contribution in [0, 0.1) is 0 Å². The average Bonchev–Trinajstić information content (AvgIpc) is 3.43. The molecule has 1 fully saturated rings. The normalized spacial score (nSPS) is 15.8. The van der Waals surface area contributed by atoms with Gasteiger partial charge in [0.15, 0.2) is 11.5 Å². The Bertz CT molecular complexity index is 1610. The van der Waals surface area contributed by atoms with Crippen molar-refractivity contribution in [1.82, 2.24) is 15.1 Å². The molecule has 2 aliphatic heterocycles. The molecule has 2 aliphatic rings. The van der Waals surface area contributed by atoms with E-state index >= 15 is 0 Å². The van der Waals surface area contributed by atoms with E-state index in [1.807, 2.05) is 37.8 Å². The number of methoxy groups -OCH3 is 3. The number of ether oxygens (including phenoxy) is 18. The van der Waals surface area contributed by atoms with Gasteiger partial charge in [0.2, 0.25) is 18.0 Å². The van der Waals surface area contributed by atoms with Gasteiger partial charge in [-0.2, -0.15) is 4.99 Å². The highest BCUT2D eigenvalue weighted by atomic mass is 16.6. The topological polar surface area (TPSA) is 252 Å². The lowest BCUT2D eigenvalue weighted by Crippen LogP contribution is -2.64. The first-order valence-corrected chi connectivity index (χ1v) is 26.5. The fraction of sp³-hybridized carbons (Fsp3) is 0.824. The number of amidine groups is 1. The quantitative estimate of drug-likeness (QED) is 0.0890. The number of nitrogens with two attached hydrogens (primary N) is 1. The van der Waals surface area contributed by atoms with Gasteiger partial charge in [-0.05, 0) is 39.3 Å². The SMILES string of the molecule is CCCCN1CN2C(c3cc(OC[C@H](C)OCCOCCOCCOCCOC)c(OC[C@H](C)OCCOCCOCCOCCOC)c(OC[C@H](C)OCCOCCOCCOCCOC)c3)=NC(N)=NC2NC1=O. The van der Waals surface area contributed by atoms with Gasteiger partial charge < -0.3 is 95.9 Å². The lowest BCUT2D eigenvalue weighted by atomic mass is 10.1. The number of unbranched alkanes of at least 4 members (excludes halogenated alkanes) is 1. The third-order valence-electron chi connectivity index (χ3n) is 10.8. The van der Waals surface area contributed by atoms with Crippen molar-refractivity contribution < 1.29 is 90.1 Å². The van der Waals surface area contributed by atoms with Crippen LogP contribution in [0.15, 0.2) is 22.1 Å². The number of guanidine groups is 1. The summed E-state index contributed by atoms with van der Waals surface area (Å²) in [6, 6.07) is 3.38. The van der Waals surface area contributed by atoms with Crippen molar-refractivity contribution in [3.05, 3.63) is 17.7 Å². The highest BCUT2D eigenvalue weighted by Crippen LogP contribution is 2.40. The molecule has 1 saturated heterocycles. The number of fused-ring (bicyclic) bond motifs is 1. The van der Waals surface area contributed by atoms with Crippen LogP contribution in [0.1, 0.15) is 46.1 Å². The molecule has 0 saturated carbocycles. The summed E-state index contributed by atoms with van der Waals surface area (Å²) in [4.78, 5) is 25.9. The van der Waals surface area contributed by atoms with Gasteiger partial charge in [0.25, 0.3) is 0 Å². The van der Waals surface area contributed by atoms with Gasteiger partial charge in [-0.3, -0.25) is 10.2 Å². The molecule has 76 heavy (non-hydrogen) atoms. The monoisotopic (exact) mass is 1090 g/mol. The highest BCUT2D eigenvalue weighted by molar-refractivity contribution is 6.08. The Morgan fingerprint density at radius 1 is 0.553 bits per heavy atom. The van der Waals surface area contributed by atoms with Crippen LogP contribution in [-0.2, 0) is 71.1 Å². The second-order valence-electron chi connectivity index (χ2n) is 17.2. The molecule has 3 rings (SSSR count). The number of hydrogen-bond acceptors (Lipinski definition) is 23. The Labute approximate surface area is 450 Å². The van der Waals surface area contributed by atoms with E-state index in [4.69, 9.17) is 96.0 Å². The largest absolute Gasteiger partial charge is 0.487 e. The Morgan fingerprint density at radius 2 is 0.908 bits per heavy atom. The van der Waals surface area contributed by atoms with E-state index in [2.05, 4.69) is 17.2 Å². The molecule has 4 atom stereocenters. The van der Waals surface area contributed by atoms with Gasteiger partial charge in [0, 0.05) is 33.4 Å². The molecular formula is C51H92N6O19. The Balaban J connectivity index is 1.74. The van der Waals surface area contributed by atoms with Gasteiger partial charge in [-0.1, -0.05) is 13.3 Å². The summed E-state index contributed by atoms with van der Waals surface area (Å²) in [5, 5.41) is 2.96. The maximum absolute atomic E-state index is 13.2. The molecule has 0 aliphatic carbocycles. The molecule has 1 unspecified atom stereocenters. The van der Waals surface area contributed by atoms with E-state index in [-0.39, 0.29) is 56.8 Å². The standard InChI is InChI=1S/C51H92N6O19/c1-8-9-10-56-40-57-48(53-49(52)54-50(57)55-51(56)58)44-35-45(74-37-41(2)71-32-29-68-26-23-65-20-17-62-14-11-59-5)47(76-39-43(4)73-34-31-70-28-25-67-22-19-64-16-13-61-7)46(36-44)75-38-42(3)72-33-30-69-27-24-66-21-18-63-15-12-60-6/h35-36,41-43,50H,8-34,37-40H2,1-7H3,(H2,52,54)(H,55,58)/t41-,42-,43-,50?/m0/s1. The summed E-state index contributed by atoms with van der Waals surface area (Å²) in [7, 11) is 4.90. The number of rotatable bonds is 52. The van der Waals surface area contributed by atoms with Crippen LogP contribution in [0.4, 0.5) is 4.79 Å². The molecule has 0 spiro atoms. The fourth-order valence-corrected chi connectivity index (χ4v) is 6.77. The van der Waals surface area contributed by atoms with Gasteiger partial charge >= 0.3 is 6.03 Å². The second-order valence-corrected chi connectivity index (χ2v) is 17.2. The van der Waals surface area contributed by atoms with Crippen LogP contribution in [0.25, 0.3) is 0 Å². The highest BCUT2D eigenvalue weighted by Gasteiger charge is 2.37. The van der Waals surface area contributed by atoms with Crippen molar-refractivity contribution in [3.8, 4) is 17.2 Å². The lowest BCUT2D eigenvalue weighted by molar-refractivity contribution is -0.0292. The van der Waals surface area contributed by atoms with Gasteiger partial charge in [-0.15, -0.1) is 0 Å². The molecular weight excluding hydrogens is 1000 g/mol. The summed E-state index contributed by atoms with van der Waals surface area (Å²) in [5.74, 6) is 1.46. The van der Waals surface area contributed by atoms with E-state index in [9.17, 15) is 4.79 Å². The van der Waals surface area contributed by atoms with E-state index < -0.39 is 6.29 Å². The molecule has 0 bridgehead atoms. The zero-order valence-electron chi connectivity index (χ0n) is 46.5. The first-order valence-electron chi connectivity index (χ1n) is 26.5. The van der Waals surface area contributed by atoms with Crippen LogP contribution >= 0.6 is 0 Å². The number of urea groups is 1. The van der Waals surface area contributed by atoms with Crippen LogP contribution in [0.5, 0.6) is 17.2 Å². The van der Waals surface area contributed by atoms with Crippen LogP contribution < -0.4 is 25.3 Å². The average molecular weight is 1090 g/mol. The van der Waals surface area contributed by atoms with E-state index in [0.717, 1.165) is 12.8 Å².